The third-order valence-corrected chi connectivity index (χ3v) is 10.7. The van der Waals surface area contributed by atoms with Crippen molar-refractivity contribution < 1.29 is 36.2 Å². The molecule has 2 heterocycles. The number of guanidine groups is 2. The Morgan fingerprint density at radius 2 is 0.967 bits per heavy atom. The average molecular weight is 884 g/mol. The van der Waals surface area contributed by atoms with E-state index in [1.807, 2.05) is 60.7 Å². The van der Waals surface area contributed by atoms with Crippen LogP contribution in [0.3, 0.4) is 0 Å². The predicted octanol–water partition coefficient (Wildman–Crippen LogP) is 2.76. The van der Waals surface area contributed by atoms with E-state index in [4.69, 9.17) is 0 Å². The summed E-state index contributed by atoms with van der Waals surface area (Å²) in [6, 6.07) is 26.6. The van der Waals surface area contributed by atoms with Crippen molar-refractivity contribution in [2.75, 3.05) is 48.6 Å². The van der Waals surface area contributed by atoms with Crippen molar-refractivity contribution in [3.8, 4) is 0 Å². The van der Waals surface area contributed by atoms with Crippen molar-refractivity contribution in [2.24, 2.45) is 20.0 Å². The average Bonchev–Trinajstić information content (AvgIpc) is 3.21. The standard InChI is InChI=1S/C38H44N12O8S2.Na/c1-39-49-33(19-21-51)45-35(41-27-9-5-3-6-10-27)47-37(49)43-29-17-15-25(31(23-29)59(53,54)55)13-14-26-16-18-30(24-32(26)60(56,57)58)44-38-48-36(42-28-11-7-4-8-12-28)46-34(20-22-52)50(38)40-2;/h3-18,23-24,37-40,43-44,51-52H,19-22H2,1-2H3,(H,41,47)(H,42,48)(H,53,54,55)(H,56,57,58);. The van der Waals surface area contributed by atoms with Crippen LogP contribution in [0.25, 0.3) is 12.2 Å². The SMILES string of the molecule is CNN1C(CCO)=NC(Nc2ccccc2)=NC1Nc1ccc(C=Cc2ccc(NC3N=C(Nc4ccccc4)N=C(CCO)N3NC)cc2S(=O)(=O)O)c(S(=O)(=O)O)c1.[Na]. The van der Waals surface area contributed by atoms with E-state index in [9.17, 15) is 36.2 Å². The normalized spacial score (nSPS) is 16.8. The van der Waals surface area contributed by atoms with E-state index in [0.29, 0.717) is 23.0 Å². The molecule has 0 saturated carbocycles. The van der Waals surface area contributed by atoms with E-state index in [0.717, 1.165) is 0 Å². The first-order valence-electron chi connectivity index (χ1n) is 18.3. The van der Waals surface area contributed by atoms with Gasteiger partial charge in [0.25, 0.3) is 20.2 Å². The molecule has 0 saturated heterocycles. The quantitative estimate of drug-likeness (QED) is 0.0440. The van der Waals surface area contributed by atoms with E-state index in [1.54, 1.807) is 24.1 Å². The fourth-order valence-corrected chi connectivity index (χ4v) is 7.58. The van der Waals surface area contributed by atoms with Crippen molar-refractivity contribution in [2.45, 2.75) is 35.2 Å². The van der Waals surface area contributed by atoms with Gasteiger partial charge in [0.1, 0.15) is 21.5 Å². The number of para-hydroxylation sites is 2. The van der Waals surface area contributed by atoms with Gasteiger partial charge in [0.2, 0.25) is 24.5 Å². The number of nitrogens with one attached hydrogen (secondary N) is 6. The molecule has 2 atom stereocenters. The Labute approximate surface area is 375 Å². The van der Waals surface area contributed by atoms with Crippen LogP contribution in [-0.4, -0.2) is 139 Å². The molecule has 10 N–H and O–H groups in total. The Kier molecular flexibility index (Phi) is 16.1. The Morgan fingerprint density at radius 1 is 0.590 bits per heavy atom. The maximum absolute atomic E-state index is 12.7. The van der Waals surface area contributed by atoms with Crippen LogP contribution in [0.2, 0.25) is 0 Å². The Hall–Kier alpha value is -5.24. The first-order chi connectivity index (χ1) is 28.8. The smallest absolute Gasteiger partial charge is 0.295 e. The zero-order valence-corrected chi connectivity index (χ0v) is 36.9. The number of aliphatic hydroxyl groups excluding tert-OH is 2. The van der Waals surface area contributed by atoms with Crippen molar-refractivity contribution >= 4 is 108 Å². The second-order valence-corrected chi connectivity index (χ2v) is 15.7. The number of nitrogens with zero attached hydrogens (tertiary/aromatic N) is 6. The van der Waals surface area contributed by atoms with Gasteiger partial charge in [0.15, 0.2) is 0 Å². The first-order valence-corrected chi connectivity index (χ1v) is 21.2. The molecule has 0 bridgehead atoms. The summed E-state index contributed by atoms with van der Waals surface area (Å²) in [5.41, 5.74) is 7.79. The molecule has 0 amide bonds. The Morgan fingerprint density at radius 3 is 1.30 bits per heavy atom. The number of hydrazine groups is 2. The number of hydrogen-bond acceptors (Lipinski definition) is 18. The maximum atomic E-state index is 12.7. The number of aliphatic hydroxyl groups is 2. The molecule has 20 nitrogen and oxygen atoms in total. The van der Waals surface area contributed by atoms with Gasteiger partial charge in [-0.05, 0) is 59.7 Å². The number of benzene rings is 4. The van der Waals surface area contributed by atoms with Gasteiger partial charge in [-0.15, -0.1) is 0 Å². The van der Waals surface area contributed by atoms with Gasteiger partial charge in [0, 0.05) is 79.2 Å². The molecule has 4 aromatic carbocycles. The van der Waals surface area contributed by atoms with Gasteiger partial charge in [-0.3, -0.25) is 19.1 Å². The van der Waals surface area contributed by atoms with Crippen LogP contribution >= 0.6 is 0 Å². The van der Waals surface area contributed by atoms with Gasteiger partial charge in [-0.1, -0.05) is 60.7 Å². The molecule has 0 spiro atoms. The van der Waals surface area contributed by atoms with Gasteiger partial charge in [-0.2, -0.15) is 26.8 Å². The number of rotatable bonds is 16. The minimum atomic E-state index is -4.85. The van der Waals surface area contributed by atoms with E-state index < -0.39 is 42.6 Å². The topological polar surface area (TPSA) is 277 Å². The van der Waals surface area contributed by atoms with Crippen LogP contribution < -0.4 is 32.1 Å². The number of hydrogen-bond donors (Lipinski definition) is 10. The van der Waals surface area contributed by atoms with Crippen molar-refractivity contribution in [3.05, 3.63) is 108 Å². The van der Waals surface area contributed by atoms with E-state index in [1.165, 1.54) is 48.6 Å². The summed E-state index contributed by atoms with van der Waals surface area (Å²) in [4.78, 5) is 17.2. The van der Waals surface area contributed by atoms with Gasteiger partial charge < -0.3 is 31.5 Å². The van der Waals surface area contributed by atoms with Crippen LogP contribution in [-0.2, 0) is 20.2 Å². The summed E-state index contributed by atoms with van der Waals surface area (Å²) in [5.74, 6) is 1.28. The number of aliphatic imine (C=N–C) groups is 4. The molecule has 0 fully saturated rings. The van der Waals surface area contributed by atoms with Crippen LogP contribution in [0.4, 0.5) is 22.7 Å². The maximum Gasteiger partial charge on any atom is 0.295 e. The summed E-state index contributed by atoms with van der Waals surface area (Å²) in [5, 5.41) is 35.0. The molecule has 2 aliphatic heterocycles. The van der Waals surface area contributed by atoms with Crippen molar-refractivity contribution in [1.29, 1.82) is 0 Å². The zero-order chi connectivity index (χ0) is 42.9. The van der Waals surface area contributed by atoms with E-state index in [2.05, 4.69) is 52.1 Å². The van der Waals surface area contributed by atoms with Crippen LogP contribution in [0.1, 0.15) is 24.0 Å². The molecule has 23 heteroatoms. The third kappa shape index (κ3) is 12.2. The number of anilines is 4. The zero-order valence-electron chi connectivity index (χ0n) is 33.3. The molecular weight excluding hydrogens is 840 g/mol. The van der Waals surface area contributed by atoms with Crippen LogP contribution in [0, 0.1) is 0 Å². The second kappa shape index (κ2) is 21.0. The number of amidine groups is 2. The molecule has 1 radical (unpaired) electrons. The minimum absolute atomic E-state index is 0. The summed E-state index contributed by atoms with van der Waals surface area (Å²) in [7, 11) is -6.45. The minimum Gasteiger partial charge on any atom is -0.396 e. The van der Waals surface area contributed by atoms with Crippen LogP contribution in [0.15, 0.2) is 127 Å². The van der Waals surface area contributed by atoms with Gasteiger partial charge >= 0.3 is 0 Å². The Balaban J connectivity index is 0.00000704. The molecular formula is C38H44N12NaO8S2. The summed E-state index contributed by atoms with van der Waals surface area (Å²) < 4.78 is 71.5. The molecule has 61 heavy (non-hydrogen) atoms. The molecule has 4 aromatic rings. The van der Waals surface area contributed by atoms with Gasteiger partial charge in [-0.25, -0.2) is 20.8 Å². The molecule has 0 aliphatic carbocycles. The second-order valence-electron chi connectivity index (χ2n) is 12.9. The third-order valence-electron chi connectivity index (χ3n) is 8.83. The van der Waals surface area contributed by atoms with Crippen LogP contribution in [0.5, 0.6) is 0 Å². The fourth-order valence-electron chi connectivity index (χ4n) is 6.16. The summed E-state index contributed by atoms with van der Waals surface area (Å²) in [6.07, 6.45) is 1.08. The Bertz CT molecular complexity index is 2370. The fraction of sp³-hybridized carbons (Fsp3) is 0.211. The summed E-state index contributed by atoms with van der Waals surface area (Å²) >= 11 is 0. The summed E-state index contributed by atoms with van der Waals surface area (Å²) in [6.45, 7) is -0.428. The predicted molar refractivity (Wildman–Crippen MR) is 237 cm³/mol. The molecule has 317 valence electrons. The van der Waals surface area contributed by atoms with E-state index in [-0.39, 0.29) is 90.0 Å². The molecule has 6 rings (SSSR count). The van der Waals surface area contributed by atoms with Crippen molar-refractivity contribution in [1.82, 2.24) is 20.9 Å². The molecule has 2 aliphatic rings. The van der Waals surface area contributed by atoms with E-state index >= 15 is 0 Å². The first kappa shape index (κ1) is 46.8. The van der Waals surface area contributed by atoms with Crippen molar-refractivity contribution in [3.63, 3.8) is 0 Å². The monoisotopic (exact) mass is 883 g/mol. The largest absolute Gasteiger partial charge is 0.396 e. The van der Waals surface area contributed by atoms with Gasteiger partial charge in [0.05, 0.1) is 13.2 Å². The molecule has 2 unspecified atom stereocenters. The molecule has 0 aromatic heterocycles.